The average Bonchev–Trinajstić information content (AvgIpc) is 2.34. The second-order valence-electron chi connectivity index (χ2n) is 4.02. The number of carbonyl (C=O) groups is 2. The number of hydrogen-bond donors (Lipinski definition) is 3. The fraction of sp³-hybridized carbons (Fsp3) is 0.417. The normalized spacial score (nSPS) is 11.7. The molecule has 1 aromatic rings. The number of urea groups is 1. The smallest absolute Gasteiger partial charge is 0.326 e. The minimum atomic E-state index is -1.10. The minimum Gasteiger partial charge on any atom is -0.480 e. The molecule has 1 heterocycles. The van der Waals surface area contributed by atoms with Crippen molar-refractivity contribution in [3.8, 4) is 0 Å². The first kappa shape index (κ1) is 14.9. The van der Waals surface area contributed by atoms with Gasteiger partial charge in [0.15, 0.2) is 0 Å². The number of aliphatic carboxylic acids is 1. The van der Waals surface area contributed by atoms with Crippen LogP contribution in [-0.2, 0) is 4.79 Å². The molecule has 6 nitrogen and oxygen atoms in total. The highest BCUT2D eigenvalue weighted by Gasteiger charge is 2.19. The van der Waals surface area contributed by atoms with Crippen LogP contribution in [0.4, 0.5) is 14.9 Å². The Morgan fingerprint density at radius 3 is 2.79 bits per heavy atom. The molecule has 0 fully saturated rings. The van der Waals surface area contributed by atoms with Crippen molar-refractivity contribution >= 4 is 17.7 Å². The highest BCUT2D eigenvalue weighted by atomic mass is 19.1. The number of amides is 2. The Bertz CT molecular complexity index is 454. The number of nitrogens with one attached hydrogen (secondary N) is 2. The molecule has 104 valence electrons. The predicted octanol–water partition coefficient (Wildman–Crippen LogP) is 1.99. The maximum atomic E-state index is 12.8. The Hall–Kier alpha value is -2.18. The number of carbonyl (C=O) groups excluding carboxylic acids is 1. The zero-order chi connectivity index (χ0) is 14.3. The molecule has 0 aliphatic heterocycles. The molecule has 0 aliphatic rings. The number of nitrogens with zero attached hydrogens (tertiary/aromatic N) is 1. The fourth-order valence-corrected chi connectivity index (χ4v) is 1.47. The lowest BCUT2D eigenvalue weighted by atomic mass is 10.1. The van der Waals surface area contributed by atoms with Crippen LogP contribution in [0.3, 0.4) is 0 Å². The first-order chi connectivity index (χ1) is 9.02. The number of carboxylic acid groups (broad SMARTS) is 1. The van der Waals surface area contributed by atoms with Gasteiger partial charge in [0.1, 0.15) is 11.9 Å². The quantitative estimate of drug-likeness (QED) is 0.736. The summed E-state index contributed by atoms with van der Waals surface area (Å²) in [6.07, 6.45) is 4.15. The molecule has 0 radical (unpaired) electrons. The van der Waals surface area contributed by atoms with Gasteiger partial charge in [-0.15, -0.1) is 0 Å². The molecule has 2 amide bonds. The molecule has 19 heavy (non-hydrogen) atoms. The molecule has 0 saturated heterocycles. The Balaban J connectivity index is 2.55. The summed E-state index contributed by atoms with van der Waals surface area (Å²) in [5.41, 5.74) is 0.164. The second kappa shape index (κ2) is 7.30. The first-order valence-corrected chi connectivity index (χ1v) is 5.93. The number of hydrogen-bond acceptors (Lipinski definition) is 3. The second-order valence-corrected chi connectivity index (χ2v) is 4.02. The average molecular weight is 269 g/mol. The third-order valence-electron chi connectivity index (χ3n) is 2.41. The highest BCUT2D eigenvalue weighted by molar-refractivity contribution is 5.92. The van der Waals surface area contributed by atoms with Gasteiger partial charge in [-0.2, -0.15) is 0 Å². The van der Waals surface area contributed by atoms with Gasteiger partial charge in [-0.3, -0.25) is 4.98 Å². The van der Waals surface area contributed by atoms with Crippen LogP contribution in [0.25, 0.3) is 0 Å². The van der Waals surface area contributed by atoms with E-state index in [0.717, 1.165) is 18.7 Å². The molecule has 0 aromatic carbocycles. The topological polar surface area (TPSA) is 91.3 Å². The minimum absolute atomic E-state index is 0.164. The molecular formula is C12H16FN3O3. The highest BCUT2D eigenvalue weighted by Crippen LogP contribution is 2.07. The number of aromatic nitrogens is 1. The van der Waals surface area contributed by atoms with E-state index in [-0.39, 0.29) is 5.69 Å². The maximum Gasteiger partial charge on any atom is 0.326 e. The van der Waals surface area contributed by atoms with Gasteiger partial charge in [-0.1, -0.05) is 19.8 Å². The molecule has 7 heteroatoms. The van der Waals surface area contributed by atoms with Crippen molar-refractivity contribution in [1.29, 1.82) is 0 Å². The molecule has 0 bridgehead atoms. The van der Waals surface area contributed by atoms with Crippen molar-refractivity contribution in [2.45, 2.75) is 32.2 Å². The van der Waals surface area contributed by atoms with E-state index < -0.39 is 23.9 Å². The summed E-state index contributed by atoms with van der Waals surface area (Å²) in [6, 6.07) is -0.564. The first-order valence-electron chi connectivity index (χ1n) is 5.93. The number of anilines is 1. The lowest BCUT2D eigenvalue weighted by Gasteiger charge is -2.14. The number of carboxylic acids is 1. The van der Waals surface area contributed by atoms with E-state index in [4.69, 9.17) is 5.11 Å². The van der Waals surface area contributed by atoms with Gasteiger partial charge < -0.3 is 15.7 Å². The molecule has 0 spiro atoms. The molecule has 0 aliphatic carbocycles. The van der Waals surface area contributed by atoms with E-state index in [9.17, 15) is 14.0 Å². The molecule has 1 aromatic heterocycles. The molecule has 0 unspecified atom stereocenters. The van der Waals surface area contributed by atoms with E-state index in [1.165, 1.54) is 6.20 Å². The van der Waals surface area contributed by atoms with Crippen molar-refractivity contribution in [1.82, 2.24) is 10.3 Å². The number of pyridine rings is 1. The maximum absolute atomic E-state index is 12.8. The van der Waals surface area contributed by atoms with Crippen LogP contribution in [-0.4, -0.2) is 28.1 Å². The van der Waals surface area contributed by atoms with Crippen LogP contribution in [0.2, 0.25) is 0 Å². The summed E-state index contributed by atoms with van der Waals surface area (Å²) < 4.78 is 12.8. The zero-order valence-electron chi connectivity index (χ0n) is 10.5. The third kappa shape index (κ3) is 5.33. The lowest BCUT2D eigenvalue weighted by molar-refractivity contribution is -0.139. The van der Waals surface area contributed by atoms with Gasteiger partial charge in [0.05, 0.1) is 18.1 Å². The molecule has 3 N–H and O–H groups in total. The van der Waals surface area contributed by atoms with Gasteiger partial charge in [0.2, 0.25) is 0 Å². The Labute approximate surface area is 110 Å². The summed E-state index contributed by atoms with van der Waals surface area (Å²) in [7, 11) is 0. The molecule has 0 saturated carbocycles. The lowest BCUT2D eigenvalue weighted by Crippen LogP contribution is -2.43. The number of halogens is 1. The van der Waals surface area contributed by atoms with Crippen LogP contribution in [0.1, 0.15) is 26.2 Å². The van der Waals surface area contributed by atoms with Crippen molar-refractivity contribution in [2.75, 3.05) is 5.32 Å². The summed E-state index contributed by atoms with van der Waals surface area (Å²) in [5, 5.41) is 13.6. The standard InChI is InChI=1S/C12H16FN3O3/c1-2-3-4-10(11(17)18)16-12(19)15-9-5-8(13)6-14-7-9/h5-7,10H,2-4H2,1H3,(H,17,18)(H2,15,16,19)/t10-/m0/s1. The van der Waals surface area contributed by atoms with Crippen molar-refractivity contribution < 1.29 is 19.1 Å². The van der Waals surface area contributed by atoms with Gasteiger partial charge in [-0.05, 0) is 6.42 Å². The van der Waals surface area contributed by atoms with Gasteiger partial charge in [0, 0.05) is 6.07 Å². The zero-order valence-corrected chi connectivity index (χ0v) is 10.5. The summed E-state index contributed by atoms with van der Waals surface area (Å²) in [6.45, 7) is 1.93. The van der Waals surface area contributed by atoms with Crippen LogP contribution < -0.4 is 10.6 Å². The summed E-state index contributed by atoms with van der Waals surface area (Å²) >= 11 is 0. The largest absolute Gasteiger partial charge is 0.480 e. The van der Waals surface area contributed by atoms with Crippen LogP contribution >= 0.6 is 0 Å². The summed E-state index contributed by atoms with van der Waals surface area (Å²) in [4.78, 5) is 26.1. The van der Waals surface area contributed by atoms with E-state index in [1.54, 1.807) is 0 Å². The van der Waals surface area contributed by atoms with Gasteiger partial charge in [0.25, 0.3) is 0 Å². The summed E-state index contributed by atoms with van der Waals surface area (Å²) in [5.74, 6) is -1.68. The van der Waals surface area contributed by atoms with E-state index in [0.29, 0.717) is 12.8 Å². The van der Waals surface area contributed by atoms with E-state index in [2.05, 4.69) is 15.6 Å². The molecule has 1 atom stereocenters. The molecular weight excluding hydrogens is 253 g/mol. The van der Waals surface area contributed by atoms with E-state index in [1.807, 2.05) is 6.92 Å². The Kier molecular flexibility index (Phi) is 5.72. The van der Waals surface area contributed by atoms with Crippen LogP contribution in [0, 0.1) is 5.82 Å². The number of rotatable bonds is 6. The predicted molar refractivity (Wildman–Crippen MR) is 67.3 cm³/mol. The van der Waals surface area contributed by atoms with Crippen molar-refractivity contribution in [3.05, 3.63) is 24.3 Å². The van der Waals surface area contributed by atoms with Gasteiger partial charge in [-0.25, -0.2) is 14.0 Å². The fourth-order valence-electron chi connectivity index (χ4n) is 1.47. The monoisotopic (exact) mass is 269 g/mol. The molecule has 1 rings (SSSR count). The van der Waals surface area contributed by atoms with Crippen molar-refractivity contribution in [3.63, 3.8) is 0 Å². The number of unbranched alkanes of at least 4 members (excludes halogenated alkanes) is 1. The third-order valence-corrected chi connectivity index (χ3v) is 2.41. The Morgan fingerprint density at radius 2 is 2.21 bits per heavy atom. The van der Waals surface area contributed by atoms with Crippen LogP contribution in [0.5, 0.6) is 0 Å². The van der Waals surface area contributed by atoms with Crippen molar-refractivity contribution in [2.24, 2.45) is 0 Å². The SMILES string of the molecule is CCCC[C@H](NC(=O)Nc1cncc(F)c1)C(=O)O. The Morgan fingerprint density at radius 1 is 1.47 bits per heavy atom. The van der Waals surface area contributed by atoms with Gasteiger partial charge >= 0.3 is 12.0 Å². The van der Waals surface area contributed by atoms with E-state index >= 15 is 0 Å². The van der Waals surface area contributed by atoms with Crippen LogP contribution in [0.15, 0.2) is 18.5 Å².